The number of fused-ring (bicyclic) bond motifs is 1. The predicted octanol–water partition coefficient (Wildman–Crippen LogP) is 3.47. The van der Waals surface area contributed by atoms with Crippen molar-refractivity contribution in [2.24, 2.45) is 5.92 Å². The van der Waals surface area contributed by atoms with Gasteiger partial charge in [0.15, 0.2) is 5.13 Å². The molecule has 19 heavy (non-hydrogen) atoms. The summed E-state index contributed by atoms with van der Waals surface area (Å²) in [7, 11) is 0. The van der Waals surface area contributed by atoms with Crippen LogP contribution in [-0.2, 0) is 0 Å². The third kappa shape index (κ3) is 2.51. The lowest BCUT2D eigenvalue weighted by atomic mass is 9.97. The van der Waals surface area contributed by atoms with E-state index in [9.17, 15) is 13.2 Å². The number of aromatic nitrogens is 2. The number of thiazole rings is 1. The van der Waals surface area contributed by atoms with Crippen LogP contribution in [0.2, 0.25) is 0 Å². The average Bonchev–Trinajstić information content (AvgIpc) is 2.81. The molecule has 0 saturated carbocycles. The highest BCUT2D eigenvalue weighted by Crippen LogP contribution is 2.37. The van der Waals surface area contributed by atoms with Crippen LogP contribution in [0.5, 0.6) is 0 Å². The molecule has 3 heterocycles. The summed E-state index contributed by atoms with van der Waals surface area (Å²) in [5.74, 6) is -1.17. The molecule has 1 saturated heterocycles. The van der Waals surface area contributed by atoms with Crippen LogP contribution >= 0.6 is 11.3 Å². The van der Waals surface area contributed by atoms with Crippen molar-refractivity contribution in [1.82, 2.24) is 9.97 Å². The Hall–Kier alpha value is -1.37. The fraction of sp³-hybridized carbons (Fsp3) is 0.500. The smallest absolute Gasteiger partial charge is 0.348 e. The molecule has 2 aromatic rings. The highest BCUT2D eigenvalue weighted by atomic mass is 32.1. The number of alkyl halides is 3. The van der Waals surface area contributed by atoms with Gasteiger partial charge < -0.3 is 4.90 Å². The molecule has 0 unspecified atom stereocenters. The van der Waals surface area contributed by atoms with E-state index in [1.165, 1.54) is 11.3 Å². The fourth-order valence-electron chi connectivity index (χ4n) is 2.30. The van der Waals surface area contributed by atoms with Crippen molar-refractivity contribution in [3.05, 3.63) is 18.5 Å². The van der Waals surface area contributed by atoms with Crippen LogP contribution in [-0.4, -0.2) is 29.2 Å². The third-order valence-electron chi connectivity index (χ3n) is 3.41. The Morgan fingerprint density at radius 3 is 2.63 bits per heavy atom. The molecule has 0 amide bonds. The van der Waals surface area contributed by atoms with Gasteiger partial charge in [0.25, 0.3) is 0 Å². The zero-order valence-corrected chi connectivity index (χ0v) is 10.8. The van der Waals surface area contributed by atoms with Gasteiger partial charge in [0, 0.05) is 19.3 Å². The Labute approximate surface area is 112 Å². The zero-order valence-electron chi connectivity index (χ0n) is 10.0. The minimum absolute atomic E-state index is 0.150. The second kappa shape index (κ2) is 4.63. The van der Waals surface area contributed by atoms with Crippen LogP contribution in [0.25, 0.3) is 10.2 Å². The Morgan fingerprint density at radius 1 is 1.26 bits per heavy atom. The lowest BCUT2D eigenvalue weighted by molar-refractivity contribution is -0.179. The van der Waals surface area contributed by atoms with Gasteiger partial charge in [0.2, 0.25) is 0 Å². The lowest BCUT2D eigenvalue weighted by Gasteiger charge is -2.32. The van der Waals surface area contributed by atoms with Gasteiger partial charge in [-0.25, -0.2) is 4.98 Å². The first kappa shape index (κ1) is 12.7. The largest absolute Gasteiger partial charge is 0.391 e. The maximum atomic E-state index is 12.6. The summed E-state index contributed by atoms with van der Waals surface area (Å²) in [4.78, 5) is 10.4. The van der Waals surface area contributed by atoms with E-state index < -0.39 is 12.1 Å². The van der Waals surface area contributed by atoms with Crippen molar-refractivity contribution in [3.63, 3.8) is 0 Å². The monoisotopic (exact) mass is 287 g/mol. The maximum Gasteiger partial charge on any atom is 0.391 e. The molecule has 7 heteroatoms. The number of nitrogens with zero attached hydrogens (tertiary/aromatic N) is 3. The number of pyridine rings is 1. The van der Waals surface area contributed by atoms with Crippen molar-refractivity contribution in [2.45, 2.75) is 19.0 Å². The molecule has 3 nitrogen and oxygen atoms in total. The first-order chi connectivity index (χ1) is 9.04. The molecular formula is C12H12F3N3S. The number of halogens is 3. The van der Waals surface area contributed by atoms with Gasteiger partial charge in [0.05, 0.1) is 16.8 Å². The van der Waals surface area contributed by atoms with E-state index >= 15 is 0 Å². The first-order valence-corrected chi connectivity index (χ1v) is 6.88. The zero-order chi connectivity index (χ0) is 13.5. The highest BCUT2D eigenvalue weighted by molar-refractivity contribution is 7.22. The summed E-state index contributed by atoms with van der Waals surface area (Å²) in [6, 6.07) is 1.87. The summed E-state index contributed by atoms with van der Waals surface area (Å²) in [5, 5.41) is 0.795. The van der Waals surface area contributed by atoms with E-state index in [0.717, 1.165) is 15.3 Å². The second-order valence-corrected chi connectivity index (χ2v) is 5.65. The molecule has 102 valence electrons. The molecule has 0 atom stereocenters. The maximum absolute atomic E-state index is 12.6. The van der Waals surface area contributed by atoms with E-state index in [0.29, 0.717) is 13.1 Å². The quantitative estimate of drug-likeness (QED) is 0.804. The molecule has 2 aromatic heterocycles. The van der Waals surface area contributed by atoms with E-state index in [1.54, 1.807) is 12.4 Å². The average molecular weight is 287 g/mol. The van der Waals surface area contributed by atoms with Crippen LogP contribution in [0, 0.1) is 5.92 Å². The predicted molar refractivity (Wildman–Crippen MR) is 68.4 cm³/mol. The van der Waals surface area contributed by atoms with Gasteiger partial charge in [-0.15, -0.1) is 0 Å². The topological polar surface area (TPSA) is 29.0 Å². The molecular weight excluding hydrogens is 275 g/mol. The Bertz CT molecular complexity index is 540. The molecule has 0 radical (unpaired) electrons. The molecule has 3 rings (SSSR count). The molecule has 1 aliphatic rings. The van der Waals surface area contributed by atoms with Crippen molar-refractivity contribution in [2.75, 3.05) is 18.0 Å². The Morgan fingerprint density at radius 2 is 2.00 bits per heavy atom. The summed E-state index contributed by atoms with van der Waals surface area (Å²) in [5.41, 5.74) is 0.806. The molecule has 0 spiro atoms. The van der Waals surface area contributed by atoms with Crippen molar-refractivity contribution in [3.8, 4) is 0 Å². The summed E-state index contributed by atoms with van der Waals surface area (Å²) in [6.45, 7) is 0.828. The molecule has 0 N–H and O–H groups in total. The molecule has 1 aliphatic heterocycles. The number of anilines is 1. The van der Waals surface area contributed by atoms with Crippen LogP contribution in [0.3, 0.4) is 0 Å². The SMILES string of the molecule is FC(F)(F)C1CCN(c2nc3cnccc3s2)CC1. The number of rotatable bonds is 1. The van der Waals surface area contributed by atoms with Crippen molar-refractivity contribution >= 4 is 26.7 Å². The van der Waals surface area contributed by atoms with Crippen molar-refractivity contribution in [1.29, 1.82) is 0 Å². The number of piperidine rings is 1. The van der Waals surface area contributed by atoms with Crippen molar-refractivity contribution < 1.29 is 13.2 Å². The third-order valence-corrected chi connectivity index (χ3v) is 4.50. The highest BCUT2D eigenvalue weighted by Gasteiger charge is 2.41. The summed E-state index contributed by atoms with van der Waals surface area (Å²) < 4.78 is 38.8. The lowest BCUT2D eigenvalue weighted by Crippen LogP contribution is -2.38. The summed E-state index contributed by atoms with van der Waals surface area (Å²) in [6.07, 6.45) is -0.392. The first-order valence-electron chi connectivity index (χ1n) is 6.06. The van der Waals surface area contributed by atoms with E-state index in [4.69, 9.17) is 0 Å². The normalized spacial score (nSPS) is 18.2. The number of hydrogen-bond acceptors (Lipinski definition) is 4. The molecule has 0 aromatic carbocycles. The minimum Gasteiger partial charge on any atom is -0.348 e. The van der Waals surface area contributed by atoms with Gasteiger partial charge in [-0.3, -0.25) is 4.98 Å². The van der Waals surface area contributed by atoms with Crippen LogP contribution in [0.1, 0.15) is 12.8 Å². The Balaban J connectivity index is 1.74. The van der Waals surface area contributed by atoms with E-state index in [1.807, 2.05) is 11.0 Å². The second-order valence-electron chi connectivity index (χ2n) is 4.64. The van der Waals surface area contributed by atoms with Gasteiger partial charge in [-0.2, -0.15) is 13.2 Å². The Kier molecular flexibility index (Phi) is 3.08. The standard InChI is InChI=1S/C12H12F3N3S/c13-12(14,15)8-2-5-18(6-3-8)11-17-9-7-16-4-1-10(9)19-11/h1,4,7-8H,2-3,5-6H2. The van der Waals surface area contributed by atoms with Gasteiger partial charge in [-0.05, 0) is 18.9 Å². The van der Waals surface area contributed by atoms with Gasteiger partial charge in [0.1, 0.15) is 5.52 Å². The van der Waals surface area contributed by atoms with E-state index in [-0.39, 0.29) is 12.8 Å². The van der Waals surface area contributed by atoms with Crippen LogP contribution < -0.4 is 4.90 Å². The summed E-state index contributed by atoms with van der Waals surface area (Å²) >= 11 is 1.51. The fourth-order valence-corrected chi connectivity index (χ4v) is 3.29. The minimum atomic E-state index is -4.07. The number of hydrogen-bond donors (Lipinski definition) is 0. The molecule has 1 fully saturated rings. The van der Waals surface area contributed by atoms with Crippen LogP contribution in [0.4, 0.5) is 18.3 Å². The van der Waals surface area contributed by atoms with Crippen LogP contribution in [0.15, 0.2) is 18.5 Å². The molecule has 0 bridgehead atoms. The van der Waals surface area contributed by atoms with E-state index in [2.05, 4.69) is 9.97 Å². The van der Waals surface area contributed by atoms with Gasteiger partial charge >= 0.3 is 6.18 Å². The van der Waals surface area contributed by atoms with Gasteiger partial charge in [-0.1, -0.05) is 11.3 Å². The molecule has 0 aliphatic carbocycles.